The number of aromatic nitrogens is 3. The summed E-state index contributed by atoms with van der Waals surface area (Å²) in [5, 5.41) is 3.23. The first-order valence-electron chi connectivity index (χ1n) is 10.9. The van der Waals surface area contributed by atoms with Gasteiger partial charge in [-0.3, -0.25) is 4.40 Å². The van der Waals surface area contributed by atoms with Crippen molar-refractivity contribution in [2.24, 2.45) is 0 Å². The third-order valence-corrected chi connectivity index (χ3v) is 5.80. The first-order valence-corrected chi connectivity index (χ1v) is 10.9. The molecule has 1 aliphatic heterocycles. The third kappa shape index (κ3) is 4.02. The molecule has 0 atom stereocenters. The maximum atomic E-state index is 15.0. The predicted octanol–water partition coefficient (Wildman–Crippen LogP) is 4.59. The Morgan fingerprint density at radius 2 is 1.97 bits per heavy atom. The Kier molecular flexibility index (Phi) is 5.46. The molecule has 0 fully saturated rings. The van der Waals surface area contributed by atoms with Crippen LogP contribution in [0.25, 0.3) is 16.8 Å². The van der Waals surface area contributed by atoms with Gasteiger partial charge >= 0.3 is 0 Å². The van der Waals surface area contributed by atoms with E-state index in [9.17, 15) is 4.39 Å². The van der Waals surface area contributed by atoms with E-state index in [1.165, 1.54) is 6.07 Å². The Hall–Kier alpha value is -3.52. The van der Waals surface area contributed by atoms with Crippen molar-refractivity contribution in [3.8, 4) is 16.9 Å². The van der Waals surface area contributed by atoms with Crippen LogP contribution in [0.5, 0.6) is 5.75 Å². The van der Waals surface area contributed by atoms with E-state index >= 15 is 4.39 Å². The van der Waals surface area contributed by atoms with E-state index in [4.69, 9.17) is 4.74 Å². The maximum Gasteiger partial charge on any atom is 0.208 e. The molecule has 170 valence electrons. The summed E-state index contributed by atoms with van der Waals surface area (Å²) in [7, 11) is 3.89. The average molecular weight is 450 g/mol. The molecule has 2 aromatic carbocycles. The lowest BCUT2D eigenvalue weighted by atomic mass is 10.0. The number of aryl methyl sites for hydroxylation is 1. The lowest BCUT2D eigenvalue weighted by Gasteiger charge is -2.14. The number of benzene rings is 2. The molecule has 2 aromatic heterocycles. The van der Waals surface area contributed by atoms with E-state index < -0.39 is 0 Å². The summed E-state index contributed by atoms with van der Waals surface area (Å²) in [6.45, 7) is 3.34. The van der Waals surface area contributed by atoms with Crippen molar-refractivity contribution in [1.29, 1.82) is 0 Å². The van der Waals surface area contributed by atoms with Crippen LogP contribution in [0.3, 0.4) is 0 Å². The number of nitrogens with one attached hydrogen (secondary N) is 1. The van der Waals surface area contributed by atoms with E-state index in [0.29, 0.717) is 47.9 Å². The van der Waals surface area contributed by atoms with Crippen LogP contribution in [0.4, 0.5) is 14.7 Å². The minimum atomic E-state index is -0.318. The van der Waals surface area contributed by atoms with Gasteiger partial charge in [0, 0.05) is 54.2 Å². The molecule has 8 heteroatoms. The van der Waals surface area contributed by atoms with Crippen LogP contribution in [0.1, 0.15) is 22.4 Å². The number of hydrogen-bond donors (Lipinski definition) is 1. The first-order chi connectivity index (χ1) is 15.9. The molecule has 0 aliphatic carbocycles. The standard InChI is InChI=1S/C25H25F2N5O/c1-15-13-32-24(30-15)20(17-5-4-16(10-22(17)27)14-31(2)3)12-29-25(32)28-11-19-18-8-9-33-23(18)7-6-21(19)26/h4-7,10,12-13H,8-9,11,14H2,1-3H3,(H,28,29). The van der Waals surface area contributed by atoms with Gasteiger partial charge in [-0.2, -0.15) is 0 Å². The minimum Gasteiger partial charge on any atom is -0.493 e. The van der Waals surface area contributed by atoms with Gasteiger partial charge in [-0.1, -0.05) is 12.1 Å². The summed E-state index contributed by atoms with van der Waals surface area (Å²) >= 11 is 0. The van der Waals surface area contributed by atoms with Gasteiger partial charge in [-0.25, -0.2) is 18.7 Å². The number of rotatable bonds is 6. The van der Waals surface area contributed by atoms with Gasteiger partial charge in [-0.15, -0.1) is 0 Å². The molecule has 33 heavy (non-hydrogen) atoms. The quantitative estimate of drug-likeness (QED) is 0.467. The average Bonchev–Trinajstić information content (AvgIpc) is 3.39. The second-order valence-electron chi connectivity index (χ2n) is 8.58. The Balaban J connectivity index is 1.49. The molecule has 0 bridgehead atoms. The number of fused-ring (bicyclic) bond motifs is 2. The van der Waals surface area contributed by atoms with E-state index in [2.05, 4.69) is 15.3 Å². The van der Waals surface area contributed by atoms with Gasteiger partial charge in [0.2, 0.25) is 5.95 Å². The van der Waals surface area contributed by atoms with Crippen LogP contribution in [0.15, 0.2) is 42.7 Å². The molecule has 0 saturated heterocycles. The highest BCUT2D eigenvalue weighted by atomic mass is 19.1. The fourth-order valence-corrected chi connectivity index (χ4v) is 4.33. The van der Waals surface area contributed by atoms with Gasteiger partial charge < -0.3 is 15.0 Å². The molecule has 6 nitrogen and oxygen atoms in total. The highest BCUT2D eigenvalue weighted by molar-refractivity contribution is 5.78. The molecule has 3 heterocycles. The normalized spacial score (nSPS) is 12.9. The molecule has 0 saturated carbocycles. The SMILES string of the molecule is Cc1cn2c(NCc3c(F)ccc4c3CCO4)ncc(-c3ccc(CN(C)C)cc3F)c2n1. The monoisotopic (exact) mass is 449 g/mol. The molecule has 0 spiro atoms. The van der Waals surface area contributed by atoms with Gasteiger partial charge in [0.05, 0.1) is 12.3 Å². The van der Waals surface area contributed by atoms with Crippen molar-refractivity contribution in [2.75, 3.05) is 26.0 Å². The van der Waals surface area contributed by atoms with E-state index in [-0.39, 0.29) is 18.2 Å². The van der Waals surface area contributed by atoms with Crippen molar-refractivity contribution < 1.29 is 13.5 Å². The number of ether oxygens (including phenoxy) is 1. The predicted molar refractivity (Wildman–Crippen MR) is 123 cm³/mol. The lowest BCUT2D eigenvalue weighted by Crippen LogP contribution is -2.11. The van der Waals surface area contributed by atoms with Crippen LogP contribution in [-0.4, -0.2) is 40.0 Å². The molecule has 1 N–H and O–H groups in total. The van der Waals surface area contributed by atoms with Crippen molar-refractivity contribution in [1.82, 2.24) is 19.3 Å². The summed E-state index contributed by atoms with van der Waals surface area (Å²) in [6.07, 6.45) is 4.13. The van der Waals surface area contributed by atoms with Crippen LogP contribution in [-0.2, 0) is 19.5 Å². The van der Waals surface area contributed by atoms with Crippen molar-refractivity contribution in [2.45, 2.75) is 26.4 Å². The number of imidazole rings is 1. The van der Waals surface area contributed by atoms with Crippen molar-refractivity contribution >= 4 is 11.6 Å². The highest BCUT2D eigenvalue weighted by Crippen LogP contribution is 2.32. The van der Waals surface area contributed by atoms with E-state index in [1.54, 1.807) is 28.8 Å². The smallest absolute Gasteiger partial charge is 0.208 e. The van der Waals surface area contributed by atoms with Crippen LogP contribution in [0, 0.1) is 18.6 Å². The Labute approximate surface area is 190 Å². The molecule has 0 unspecified atom stereocenters. The number of anilines is 1. The molecule has 1 aliphatic rings. The summed E-state index contributed by atoms with van der Waals surface area (Å²) in [6, 6.07) is 8.33. The number of halogens is 2. The number of nitrogens with zero attached hydrogens (tertiary/aromatic N) is 4. The molecular weight excluding hydrogens is 424 g/mol. The van der Waals surface area contributed by atoms with Gasteiger partial charge in [-0.05, 0) is 44.8 Å². The maximum absolute atomic E-state index is 15.0. The Morgan fingerprint density at radius 3 is 2.76 bits per heavy atom. The van der Waals surface area contributed by atoms with Gasteiger partial charge in [0.25, 0.3) is 0 Å². The molecule has 0 radical (unpaired) electrons. The minimum absolute atomic E-state index is 0.255. The zero-order chi connectivity index (χ0) is 23.1. The lowest BCUT2D eigenvalue weighted by molar-refractivity contribution is 0.356. The Bertz CT molecular complexity index is 1350. The summed E-state index contributed by atoms with van der Waals surface area (Å²) in [5.41, 5.74) is 4.76. The van der Waals surface area contributed by atoms with Crippen molar-refractivity contribution in [3.05, 3.63) is 76.7 Å². The van der Waals surface area contributed by atoms with Crippen LogP contribution in [0.2, 0.25) is 0 Å². The second-order valence-corrected chi connectivity index (χ2v) is 8.58. The van der Waals surface area contributed by atoms with Gasteiger partial charge in [0.1, 0.15) is 23.0 Å². The van der Waals surface area contributed by atoms with E-state index in [1.807, 2.05) is 38.2 Å². The van der Waals surface area contributed by atoms with Crippen LogP contribution >= 0.6 is 0 Å². The number of hydrogen-bond acceptors (Lipinski definition) is 5. The third-order valence-electron chi connectivity index (χ3n) is 5.80. The fourth-order valence-electron chi connectivity index (χ4n) is 4.33. The van der Waals surface area contributed by atoms with Gasteiger partial charge in [0.15, 0.2) is 0 Å². The largest absolute Gasteiger partial charge is 0.493 e. The molecule has 0 amide bonds. The summed E-state index contributed by atoms with van der Waals surface area (Å²) < 4.78 is 36.9. The van der Waals surface area contributed by atoms with Crippen LogP contribution < -0.4 is 10.1 Å². The molecule has 5 rings (SSSR count). The first kappa shape index (κ1) is 21.3. The molecular formula is C25H25F2N5O. The Morgan fingerprint density at radius 1 is 1.12 bits per heavy atom. The summed E-state index contributed by atoms with van der Waals surface area (Å²) in [4.78, 5) is 11.1. The zero-order valence-corrected chi connectivity index (χ0v) is 18.8. The molecule has 4 aromatic rings. The second kappa shape index (κ2) is 8.44. The van der Waals surface area contributed by atoms with Crippen molar-refractivity contribution in [3.63, 3.8) is 0 Å². The topological polar surface area (TPSA) is 54.7 Å². The highest BCUT2D eigenvalue weighted by Gasteiger charge is 2.20. The van der Waals surface area contributed by atoms with E-state index in [0.717, 1.165) is 22.6 Å². The summed E-state index contributed by atoms with van der Waals surface area (Å²) in [5.74, 6) is 0.644. The zero-order valence-electron chi connectivity index (χ0n) is 18.8. The fraction of sp³-hybridized carbons (Fsp3) is 0.280.